The average molecular weight is 352 g/mol. The summed E-state index contributed by atoms with van der Waals surface area (Å²) in [7, 11) is 0. The maximum Gasteiger partial charge on any atom is 0.335 e. The van der Waals surface area contributed by atoms with Gasteiger partial charge in [-0.15, -0.1) is 0 Å². The number of halogens is 1. The molecule has 1 fully saturated rings. The molecule has 1 aliphatic heterocycles. The number of carbonyl (C=O) groups excluding carboxylic acids is 3. The van der Waals surface area contributed by atoms with Crippen LogP contribution in [0.15, 0.2) is 29.3 Å². The van der Waals surface area contributed by atoms with Crippen molar-refractivity contribution in [1.82, 2.24) is 5.32 Å². The van der Waals surface area contributed by atoms with Gasteiger partial charge >= 0.3 is 6.03 Å². The van der Waals surface area contributed by atoms with Crippen LogP contribution in [0.25, 0.3) is 0 Å². The molecule has 2 rings (SSSR count). The second kappa shape index (κ2) is 8.03. The third-order valence-electron chi connectivity index (χ3n) is 3.57. The number of aliphatic imine (C=N–C) groups is 1. The van der Waals surface area contributed by atoms with Gasteiger partial charge in [-0.25, -0.2) is 9.69 Å². The van der Waals surface area contributed by atoms with Gasteiger partial charge < -0.3 is 5.11 Å². The standard InChI is InChI=1S/C16H18ClN3O4/c1-2-12(18-8-3-9-21)13-14(22)19-16(24)20(15(13)23)11-6-4-10(17)5-7-11/h4-7,13,21H,2-3,8-9H2,1H3,(H,19,22,24). The highest BCUT2D eigenvalue weighted by Gasteiger charge is 2.43. The lowest BCUT2D eigenvalue weighted by Gasteiger charge is -2.30. The highest BCUT2D eigenvalue weighted by atomic mass is 35.5. The SMILES string of the molecule is CCC(=NCCCO)C1C(=O)NC(=O)N(c2ccc(Cl)cc2)C1=O. The van der Waals surface area contributed by atoms with E-state index in [0.717, 1.165) is 4.90 Å². The predicted octanol–water partition coefficient (Wildman–Crippen LogP) is 1.77. The van der Waals surface area contributed by atoms with Crippen molar-refractivity contribution in [2.45, 2.75) is 19.8 Å². The zero-order chi connectivity index (χ0) is 17.7. The van der Waals surface area contributed by atoms with Crippen LogP contribution < -0.4 is 10.2 Å². The molecule has 1 atom stereocenters. The molecule has 4 amide bonds. The molecule has 0 aliphatic carbocycles. The average Bonchev–Trinajstić information content (AvgIpc) is 2.55. The molecule has 7 nitrogen and oxygen atoms in total. The van der Waals surface area contributed by atoms with Crippen LogP contribution in [0.2, 0.25) is 5.02 Å². The molecule has 24 heavy (non-hydrogen) atoms. The van der Waals surface area contributed by atoms with E-state index in [1.54, 1.807) is 19.1 Å². The van der Waals surface area contributed by atoms with E-state index in [2.05, 4.69) is 10.3 Å². The molecule has 0 radical (unpaired) electrons. The number of barbiturate groups is 1. The quantitative estimate of drug-likeness (QED) is 0.463. The van der Waals surface area contributed by atoms with Crippen LogP contribution in [0.1, 0.15) is 19.8 Å². The number of benzene rings is 1. The monoisotopic (exact) mass is 351 g/mol. The Morgan fingerprint density at radius 2 is 1.96 bits per heavy atom. The van der Waals surface area contributed by atoms with Gasteiger partial charge in [0.05, 0.1) is 5.69 Å². The first-order valence-corrected chi connectivity index (χ1v) is 7.95. The number of anilines is 1. The molecule has 8 heteroatoms. The summed E-state index contributed by atoms with van der Waals surface area (Å²) < 4.78 is 0. The lowest BCUT2D eigenvalue weighted by Crippen LogP contribution is -2.60. The van der Waals surface area contributed by atoms with Crippen LogP contribution in [0.5, 0.6) is 0 Å². The number of carbonyl (C=O) groups is 3. The third kappa shape index (κ3) is 3.80. The van der Waals surface area contributed by atoms with Crippen molar-refractivity contribution in [1.29, 1.82) is 0 Å². The first-order chi connectivity index (χ1) is 11.5. The summed E-state index contributed by atoms with van der Waals surface area (Å²) in [5.41, 5.74) is 0.711. The molecule has 0 bridgehead atoms. The van der Waals surface area contributed by atoms with Crippen LogP contribution >= 0.6 is 11.6 Å². The number of rotatable bonds is 6. The molecule has 2 N–H and O–H groups in total. The second-order valence-corrected chi connectivity index (χ2v) is 5.62. The van der Waals surface area contributed by atoms with Gasteiger partial charge in [0.2, 0.25) is 5.91 Å². The highest BCUT2D eigenvalue weighted by molar-refractivity contribution is 6.35. The number of hydrogen-bond acceptors (Lipinski definition) is 5. The Labute approximate surface area is 144 Å². The molecule has 1 aliphatic rings. The summed E-state index contributed by atoms with van der Waals surface area (Å²) in [6, 6.07) is 5.37. The molecule has 1 heterocycles. The van der Waals surface area contributed by atoms with Crippen LogP contribution in [-0.2, 0) is 9.59 Å². The first kappa shape index (κ1) is 18.1. The minimum Gasteiger partial charge on any atom is -0.396 e. The molecule has 1 saturated heterocycles. The number of aliphatic hydroxyl groups excluding tert-OH is 1. The number of imide groups is 2. The fourth-order valence-corrected chi connectivity index (χ4v) is 2.53. The molecule has 1 unspecified atom stereocenters. The van der Waals surface area contributed by atoms with Gasteiger partial charge in [-0.2, -0.15) is 0 Å². The first-order valence-electron chi connectivity index (χ1n) is 7.58. The molecule has 1 aromatic rings. The number of aliphatic hydroxyl groups is 1. The number of nitrogens with zero attached hydrogens (tertiary/aromatic N) is 2. The van der Waals surface area contributed by atoms with Gasteiger partial charge in [0.1, 0.15) is 0 Å². The van der Waals surface area contributed by atoms with Gasteiger partial charge in [0, 0.05) is 23.9 Å². The molecule has 128 valence electrons. The molecule has 0 spiro atoms. The molecule has 1 aromatic carbocycles. The van der Waals surface area contributed by atoms with E-state index in [0.29, 0.717) is 35.8 Å². The summed E-state index contributed by atoms with van der Waals surface area (Å²) in [6.07, 6.45) is 0.823. The second-order valence-electron chi connectivity index (χ2n) is 5.18. The minimum absolute atomic E-state index is 0.0271. The Hall–Kier alpha value is -2.25. The fraction of sp³-hybridized carbons (Fsp3) is 0.375. The van der Waals surface area contributed by atoms with Crippen molar-refractivity contribution in [3.8, 4) is 0 Å². The van der Waals surface area contributed by atoms with Gasteiger partial charge in [-0.05, 0) is 37.1 Å². The summed E-state index contributed by atoms with van der Waals surface area (Å²) in [6.45, 7) is 2.06. The zero-order valence-electron chi connectivity index (χ0n) is 13.2. The molecular weight excluding hydrogens is 334 g/mol. The van der Waals surface area contributed by atoms with Gasteiger partial charge in [-0.3, -0.25) is 19.9 Å². The smallest absolute Gasteiger partial charge is 0.335 e. The van der Waals surface area contributed by atoms with Crippen LogP contribution in [-0.4, -0.2) is 41.8 Å². The van der Waals surface area contributed by atoms with Gasteiger partial charge in [0.25, 0.3) is 5.91 Å². The maximum absolute atomic E-state index is 12.7. The van der Waals surface area contributed by atoms with E-state index in [-0.39, 0.29) is 6.61 Å². The van der Waals surface area contributed by atoms with Crippen molar-refractivity contribution >= 4 is 40.8 Å². The van der Waals surface area contributed by atoms with Crippen LogP contribution in [0.4, 0.5) is 10.5 Å². The van der Waals surface area contributed by atoms with E-state index >= 15 is 0 Å². The summed E-state index contributed by atoms with van der Waals surface area (Å²) >= 11 is 5.82. The fourth-order valence-electron chi connectivity index (χ4n) is 2.40. The van der Waals surface area contributed by atoms with E-state index in [4.69, 9.17) is 16.7 Å². The molecule has 0 saturated carbocycles. The van der Waals surface area contributed by atoms with Gasteiger partial charge in [-0.1, -0.05) is 18.5 Å². The lowest BCUT2D eigenvalue weighted by atomic mass is 9.96. The zero-order valence-corrected chi connectivity index (χ0v) is 13.9. The Morgan fingerprint density at radius 3 is 2.54 bits per heavy atom. The maximum atomic E-state index is 12.7. The van der Waals surface area contributed by atoms with Crippen molar-refractivity contribution < 1.29 is 19.5 Å². The summed E-state index contributed by atoms with van der Waals surface area (Å²) in [5, 5.41) is 11.5. The van der Waals surface area contributed by atoms with Crippen LogP contribution in [0.3, 0.4) is 0 Å². The number of hydrogen-bond donors (Lipinski definition) is 2. The van der Waals surface area contributed by atoms with Crippen molar-refractivity contribution in [2.75, 3.05) is 18.1 Å². The number of nitrogens with one attached hydrogen (secondary N) is 1. The Morgan fingerprint density at radius 1 is 1.29 bits per heavy atom. The third-order valence-corrected chi connectivity index (χ3v) is 3.83. The lowest BCUT2D eigenvalue weighted by molar-refractivity contribution is -0.131. The number of urea groups is 1. The highest BCUT2D eigenvalue weighted by Crippen LogP contribution is 2.24. The minimum atomic E-state index is -1.15. The Kier molecular flexibility index (Phi) is 6.05. The topological polar surface area (TPSA) is 99.1 Å². The van der Waals surface area contributed by atoms with Crippen molar-refractivity contribution in [2.24, 2.45) is 10.9 Å². The van der Waals surface area contributed by atoms with Gasteiger partial charge in [0.15, 0.2) is 5.92 Å². The molecular formula is C16H18ClN3O4. The summed E-state index contributed by atoms with van der Waals surface area (Å²) in [4.78, 5) is 42.1. The normalized spacial score (nSPS) is 18.8. The largest absolute Gasteiger partial charge is 0.396 e. The van der Waals surface area contributed by atoms with Crippen molar-refractivity contribution in [3.63, 3.8) is 0 Å². The molecule has 0 aromatic heterocycles. The number of amides is 4. The van der Waals surface area contributed by atoms with Crippen molar-refractivity contribution in [3.05, 3.63) is 29.3 Å². The van der Waals surface area contributed by atoms with E-state index < -0.39 is 23.8 Å². The van der Waals surface area contributed by atoms with E-state index in [1.165, 1.54) is 12.1 Å². The predicted molar refractivity (Wildman–Crippen MR) is 90.3 cm³/mol. The summed E-state index contributed by atoms with van der Waals surface area (Å²) in [5.74, 6) is -2.47. The Balaban J connectivity index is 2.33. The Bertz CT molecular complexity index is 672. The van der Waals surface area contributed by atoms with E-state index in [9.17, 15) is 14.4 Å². The van der Waals surface area contributed by atoms with E-state index in [1.807, 2.05) is 0 Å². The van der Waals surface area contributed by atoms with Crippen LogP contribution in [0, 0.1) is 5.92 Å².